The van der Waals surface area contributed by atoms with Gasteiger partial charge in [0.15, 0.2) is 5.11 Å². The van der Waals surface area contributed by atoms with Crippen molar-refractivity contribution in [1.82, 2.24) is 5.32 Å². The lowest BCUT2D eigenvalue weighted by atomic mass is 10.1. The van der Waals surface area contributed by atoms with Crippen LogP contribution in [-0.2, 0) is 0 Å². The Kier molecular flexibility index (Phi) is 7.53. The highest BCUT2D eigenvalue weighted by molar-refractivity contribution is 14.1. The fourth-order valence-electron chi connectivity index (χ4n) is 2.93. The van der Waals surface area contributed by atoms with E-state index >= 15 is 0 Å². The molecule has 0 saturated carbocycles. The summed E-state index contributed by atoms with van der Waals surface area (Å²) in [6.45, 7) is 2.44. The lowest BCUT2D eigenvalue weighted by Gasteiger charge is -2.23. The van der Waals surface area contributed by atoms with Crippen molar-refractivity contribution in [2.45, 2.75) is 6.92 Å². The van der Waals surface area contributed by atoms with Crippen molar-refractivity contribution in [2.24, 2.45) is 0 Å². The SMILES string of the molecule is CCN(C(=O)c1ccccc1NC(=S)NC(=O)c1cccc(I)c1)c1ccccc1. The molecule has 3 aromatic rings. The summed E-state index contributed by atoms with van der Waals surface area (Å²) in [6, 6.07) is 23.8. The van der Waals surface area contributed by atoms with Gasteiger partial charge in [-0.3, -0.25) is 14.9 Å². The number of benzene rings is 3. The molecule has 7 heteroatoms. The van der Waals surface area contributed by atoms with Gasteiger partial charge in [-0.25, -0.2) is 0 Å². The maximum Gasteiger partial charge on any atom is 0.260 e. The van der Waals surface area contributed by atoms with Crippen molar-refractivity contribution in [3.63, 3.8) is 0 Å². The number of nitrogens with one attached hydrogen (secondary N) is 2. The molecule has 0 atom stereocenters. The van der Waals surface area contributed by atoms with Gasteiger partial charge in [-0.05, 0) is 84.2 Å². The van der Waals surface area contributed by atoms with Gasteiger partial charge >= 0.3 is 0 Å². The number of anilines is 2. The first kappa shape index (κ1) is 21.9. The summed E-state index contributed by atoms with van der Waals surface area (Å²) in [5.74, 6) is -0.465. The second-order valence-corrected chi connectivity index (χ2v) is 8.00. The molecule has 3 rings (SSSR count). The average molecular weight is 529 g/mol. The molecule has 5 nitrogen and oxygen atoms in total. The fraction of sp³-hybridized carbons (Fsp3) is 0.0870. The van der Waals surface area contributed by atoms with Crippen LogP contribution in [0.2, 0.25) is 0 Å². The van der Waals surface area contributed by atoms with Gasteiger partial charge in [-0.1, -0.05) is 36.4 Å². The van der Waals surface area contributed by atoms with Crippen LogP contribution in [0.25, 0.3) is 0 Å². The highest BCUT2D eigenvalue weighted by atomic mass is 127. The van der Waals surface area contributed by atoms with Gasteiger partial charge in [0.05, 0.1) is 11.3 Å². The molecule has 0 aliphatic heterocycles. The second kappa shape index (κ2) is 10.3. The topological polar surface area (TPSA) is 61.4 Å². The van der Waals surface area contributed by atoms with Crippen LogP contribution in [0, 0.1) is 3.57 Å². The van der Waals surface area contributed by atoms with Crippen molar-refractivity contribution in [2.75, 3.05) is 16.8 Å². The van der Waals surface area contributed by atoms with Crippen molar-refractivity contribution in [3.05, 3.63) is 93.6 Å². The van der Waals surface area contributed by atoms with Crippen molar-refractivity contribution in [1.29, 1.82) is 0 Å². The molecule has 2 amide bonds. The lowest BCUT2D eigenvalue weighted by Crippen LogP contribution is -2.35. The molecule has 3 aromatic carbocycles. The van der Waals surface area contributed by atoms with E-state index in [9.17, 15) is 9.59 Å². The van der Waals surface area contributed by atoms with Gasteiger partial charge < -0.3 is 10.2 Å². The first-order valence-corrected chi connectivity index (χ1v) is 10.8. The van der Waals surface area contributed by atoms with Crippen LogP contribution in [0.5, 0.6) is 0 Å². The van der Waals surface area contributed by atoms with Gasteiger partial charge in [0.1, 0.15) is 0 Å². The molecule has 0 heterocycles. The highest BCUT2D eigenvalue weighted by Crippen LogP contribution is 2.22. The molecule has 0 saturated heterocycles. The fourth-order valence-corrected chi connectivity index (χ4v) is 3.68. The average Bonchev–Trinajstić information content (AvgIpc) is 2.75. The minimum atomic E-state index is -0.311. The van der Waals surface area contributed by atoms with Gasteiger partial charge in [-0.2, -0.15) is 0 Å². The second-order valence-electron chi connectivity index (χ2n) is 6.35. The summed E-state index contributed by atoms with van der Waals surface area (Å²) in [5.41, 5.74) is 2.32. The summed E-state index contributed by atoms with van der Waals surface area (Å²) in [4.78, 5) is 27.3. The molecule has 0 aliphatic carbocycles. The van der Waals surface area contributed by atoms with Crippen LogP contribution in [-0.4, -0.2) is 23.5 Å². The predicted octanol–water partition coefficient (Wildman–Crippen LogP) is 5.08. The number of hydrogen-bond acceptors (Lipinski definition) is 3. The molecule has 0 bridgehead atoms. The van der Waals surface area contributed by atoms with E-state index in [4.69, 9.17) is 12.2 Å². The van der Waals surface area contributed by atoms with E-state index in [-0.39, 0.29) is 16.9 Å². The highest BCUT2D eigenvalue weighted by Gasteiger charge is 2.19. The van der Waals surface area contributed by atoms with Crippen LogP contribution >= 0.6 is 34.8 Å². The lowest BCUT2D eigenvalue weighted by molar-refractivity contribution is 0.0974. The number of amides is 2. The van der Waals surface area contributed by atoms with E-state index in [0.29, 0.717) is 23.4 Å². The first-order valence-electron chi connectivity index (χ1n) is 9.33. The number of hydrogen-bond donors (Lipinski definition) is 2. The Morgan fingerprint density at radius 1 is 0.967 bits per heavy atom. The smallest absolute Gasteiger partial charge is 0.260 e. The van der Waals surface area contributed by atoms with E-state index in [1.165, 1.54) is 0 Å². The normalized spacial score (nSPS) is 10.2. The van der Waals surface area contributed by atoms with Crippen molar-refractivity contribution < 1.29 is 9.59 Å². The molecule has 0 radical (unpaired) electrons. The largest absolute Gasteiger partial charge is 0.332 e. The van der Waals surface area contributed by atoms with Gasteiger partial charge in [-0.15, -0.1) is 0 Å². The van der Waals surface area contributed by atoms with E-state index in [0.717, 1.165) is 9.26 Å². The molecule has 0 unspecified atom stereocenters. The Labute approximate surface area is 194 Å². The summed E-state index contributed by atoms with van der Waals surface area (Å²) in [6.07, 6.45) is 0. The molecule has 2 N–H and O–H groups in total. The Morgan fingerprint density at radius 2 is 1.67 bits per heavy atom. The zero-order chi connectivity index (χ0) is 21.5. The Bertz CT molecular complexity index is 1070. The standard InChI is InChI=1S/C23H20IN3O2S/c1-2-27(18-11-4-3-5-12-18)22(29)19-13-6-7-14-20(19)25-23(30)26-21(28)16-9-8-10-17(24)15-16/h3-15H,2H2,1H3,(H2,25,26,28,30). The maximum atomic E-state index is 13.2. The molecule has 0 aliphatic rings. The van der Waals surface area contributed by atoms with Crippen molar-refractivity contribution in [3.8, 4) is 0 Å². The third-order valence-corrected chi connectivity index (χ3v) is 5.22. The van der Waals surface area contributed by atoms with Crippen molar-refractivity contribution >= 4 is 63.1 Å². The molecule has 152 valence electrons. The van der Waals surface area contributed by atoms with Crippen LogP contribution in [0.1, 0.15) is 27.6 Å². The van der Waals surface area contributed by atoms with Gasteiger partial charge in [0, 0.05) is 21.4 Å². The van der Waals surface area contributed by atoms with Gasteiger partial charge in [0.25, 0.3) is 11.8 Å². The van der Waals surface area contributed by atoms with Crippen LogP contribution in [0.3, 0.4) is 0 Å². The van der Waals surface area contributed by atoms with E-state index in [1.807, 2.05) is 55.5 Å². The Morgan fingerprint density at radius 3 is 2.37 bits per heavy atom. The number of carbonyl (C=O) groups is 2. The summed E-state index contributed by atoms with van der Waals surface area (Å²) in [5, 5.41) is 5.78. The molecule has 0 spiro atoms. The Balaban J connectivity index is 1.77. The van der Waals surface area contributed by atoms with Crippen LogP contribution < -0.4 is 15.5 Å². The summed E-state index contributed by atoms with van der Waals surface area (Å²) >= 11 is 7.46. The number of carbonyl (C=O) groups excluding carboxylic acids is 2. The predicted molar refractivity (Wildman–Crippen MR) is 133 cm³/mol. The van der Waals surface area contributed by atoms with E-state index in [2.05, 4.69) is 33.2 Å². The minimum absolute atomic E-state index is 0.127. The number of thiocarbonyl (C=S) groups is 1. The zero-order valence-corrected chi connectivity index (χ0v) is 19.2. The van der Waals surface area contributed by atoms with Crippen LogP contribution in [0.4, 0.5) is 11.4 Å². The third kappa shape index (κ3) is 5.43. The molecular formula is C23H20IN3O2S. The zero-order valence-electron chi connectivity index (χ0n) is 16.3. The molecule has 0 fully saturated rings. The minimum Gasteiger partial charge on any atom is -0.332 e. The monoisotopic (exact) mass is 529 g/mol. The summed E-state index contributed by atoms with van der Waals surface area (Å²) in [7, 11) is 0. The summed E-state index contributed by atoms with van der Waals surface area (Å²) < 4.78 is 0.954. The molecular weight excluding hydrogens is 509 g/mol. The number of nitrogens with zero attached hydrogens (tertiary/aromatic N) is 1. The third-order valence-electron chi connectivity index (χ3n) is 4.35. The number of para-hydroxylation sites is 2. The van der Waals surface area contributed by atoms with Crippen LogP contribution in [0.15, 0.2) is 78.9 Å². The first-order chi connectivity index (χ1) is 14.5. The quantitative estimate of drug-likeness (QED) is 0.358. The van der Waals surface area contributed by atoms with E-state index < -0.39 is 0 Å². The maximum absolute atomic E-state index is 13.2. The number of halogens is 1. The Hall–Kier alpha value is -2.78. The van der Waals surface area contributed by atoms with E-state index in [1.54, 1.807) is 35.2 Å². The molecule has 0 aromatic heterocycles. The van der Waals surface area contributed by atoms with Gasteiger partial charge in [0.2, 0.25) is 0 Å². The molecule has 30 heavy (non-hydrogen) atoms. The number of rotatable bonds is 5.